The van der Waals surface area contributed by atoms with Gasteiger partial charge in [-0.1, -0.05) is 51.1 Å². The number of fused-ring (bicyclic) bond motifs is 2. The minimum atomic E-state index is -0.531. The molecule has 4 unspecified atom stereocenters. The third-order valence-electron chi connectivity index (χ3n) is 7.34. The van der Waals surface area contributed by atoms with Crippen molar-refractivity contribution < 1.29 is 14.9 Å². The molecule has 0 radical (unpaired) electrons. The van der Waals surface area contributed by atoms with Gasteiger partial charge in [-0.2, -0.15) is 0 Å². The van der Waals surface area contributed by atoms with Gasteiger partial charge < -0.3 is 14.9 Å². The predicted octanol–water partition coefficient (Wildman–Crippen LogP) is 3.07. The van der Waals surface area contributed by atoms with E-state index in [0.29, 0.717) is 25.1 Å². The molecule has 4 atom stereocenters. The molecule has 2 aliphatic carbocycles. The number of rotatable bonds is 9. The normalized spacial score (nSPS) is 30.8. The number of nitrogens with zero attached hydrogens (tertiary/aromatic N) is 1. The van der Waals surface area contributed by atoms with Crippen molar-refractivity contribution in [2.75, 3.05) is 26.3 Å². The van der Waals surface area contributed by atoms with Crippen molar-refractivity contribution in [2.24, 2.45) is 16.7 Å². The Morgan fingerprint density at radius 1 is 1.23 bits per heavy atom. The summed E-state index contributed by atoms with van der Waals surface area (Å²) in [6.07, 6.45) is 3.40. The van der Waals surface area contributed by atoms with Crippen LogP contribution < -0.4 is 0 Å². The van der Waals surface area contributed by atoms with Gasteiger partial charge in [0.1, 0.15) is 0 Å². The summed E-state index contributed by atoms with van der Waals surface area (Å²) in [5, 5.41) is 19.9. The second-order valence-corrected chi connectivity index (χ2v) is 9.03. The van der Waals surface area contributed by atoms with Gasteiger partial charge in [0.25, 0.3) is 0 Å². The van der Waals surface area contributed by atoms with Gasteiger partial charge in [-0.05, 0) is 41.6 Å². The van der Waals surface area contributed by atoms with Crippen LogP contribution in [0.5, 0.6) is 0 Å². The maximum Gasteiger partial charge on any atom is 0.0900 e. The Morgan fingerprint density at radius 3 is 2.54 bits per heavy atom. The minimum Gasteiger partial charge on any atom is -0.395 e. The van der Waals surface area contributed by atoms with Crippen LogP contribution in [0.2, 0.25) is 0 Å². The maximum absolute atomic E-state index is 10.5. The molecule has 2 fully saturated rings. The van der Waals surface area contributed by atoms with Crippen molar-refractivity contribution in [3.8, 4) is 0 Å². The Balaban J connectivity index is 1.50. The van der Waals surface area contributed by atoms with Gasteiger partial charge in [0.2, 0.25) is 0 Å². The lowest BCUT2D eigenvalue weighted by Crippen LogP contribution is -2.41. The van der Waals surface area contributed by atoms with Crippen molar-refractivity contribution in [2.45, 2.75) is 58.8 Å². The van der Waals surface area contributed by atoms with E-state index in [4.69, 9.17) is 4.74 Å². The Kier molecular flexibility index (Phi) is 6.07. The van der Waals surface area contributed by atoms with E-state index in [1.165, 1.54) is 18.4 Å². The zero-order valence-corrected chi connectivity index (χ0v) is 16.5. The summed E-state index contributed by atoms with van der Waals surface area (Å²) >= 11 is 0. The van der Waals surface area contributed by atoms with E-state index in [-0.39, 0.29) is 18.1 Å². The largest absolute Gasteiger partial charge is 0.395 e. The maximum atomic E-state index is 10.5. The third kappa shape index (κ3) is 3.84. The van der Waals surface area contributed by atoms with Crippen molar-refractivity contribution in [1.29, 1.82) is 0 Å². The Bertz CT molecular complexity index is 576. The quantitative estimate of drug-likeness (QED) is 0.710. The summed E-state index contributed by atoms with van der Waals surface area (Å²) in [6.45, 7) is 9.41. The van der Waals surface area contributed by atoms with E-state index >= 15 is 0 Å². The van der Waals surface area contributed by atoms with Gasteiger partial charge in [0.15, 0.2) is 0 Å². The van der Waals surface area contributed by atoms with E-state index in [2.05, 4.69) is 37.8 Å². The Morgan fingerprint density at radius 2 is 1.96 bits per heavy atom. The van der Waals surface area contributed by atoms with Crippen LogP contribution in [0.15, 0.2) is 30.3 Å². The van der Waals surface area contributed by atoms with Gasteiger partial charge in [-0.25, -0.2) is 0 Å². The molecule has 0 saturated heterocycles. The average molecular weight is 362 g/mol. The molecule has 0 aliphatic heterocycles. The monoisotopic (exact) mass is 361 g/mol. The number of ether oxygens (including phenoxy) is 1. The molecular formula is C22H35NO3. The second kappa shape index (κ2) is 7.97. The second-order valence-electron chi connectivity index (χ2n) is 9.03. The third-order valence-corrected chi connectivity index (χ3v) is 7.34. The fourth-order valence-electron chi connectivity index (χ4n) is 5.18. The van der Waals surface area contributed by atoms with Gasteiger partial charge in [-0.3, -0.25) is 4.90 Å². The molecule has 0 heterocycles. The fourth-order valence-corrected chi connectivity index (χ4v) is 5.18. The van der Waals surface area contributed by atoms with E-state index in [9.17, 15) is 10.2 Å². The van der Waals surface area contributed by atoms with Crippen molar-refractivity contribution >= 4 is 0 Å². The molecule has 1 aromatic rings. The molecule has 2 bridgehead atoms. The molecule has 2 N–H and O–H groups in total. The van der Waals surface area contributed by atoms with Gasteiger partial charge in [0.05, 0.1) is 25.4 Å². The van der Waals surface area contributed by atoms with Crippen LogP contribution in [0.25, 0.3) is 0 Å². The topological polar surface area (TPSA) is 52.9 Å². The first-order valence-corrected chi connectivity index (χ1v) is 10.0. The summed E-state index contributed by atoms with van der Waals surface area (Å²) in [7, 11) is 0. The molecule has 26 heavy (non-hydrogen) atoms. The van der Waals surface area contributed by atoms with Crippen LogP contribution in [-0.4, -0.2) is 53.6 Å². The molecule has 1 aromatic carbocycles. The molecule has 0 amide bonds. The highest BCUT2D eigenvalue weighted by Crippen LogP contribution is 2.66. The highest BCUT2D eigenvalue weighted by atomic mass is 16.5. The molecule has 4 nitrogen and oxygen atoms in total. The van der Waals surface area contributed by atoms with E-state index in [1.807, 2.05) is 18.2 Å². The van der Waals surface area contributed by atoms with Gasteiger partial charge in [0, 0.05) is 19.6 Å². The molecular weight excluding hydrogens is 326 g/mol. The van der Waals surface area contributed by atoms with Crippen molar-refractivity contribution in [1.82, 2.24) is 4.90 Å². The zero-order chi connectivity index (χ0) is 18.8. The Hall–Kier alpha value is -0.940. The standard InChI is InChI=1S/C22H35NO3/c1-21(2)18-9-10-22(21,3)20(13-18)26-16-19(25)15-23(11-12-24)14-17-7-5-4-6-8-17/h4-8,18-20,24-25H,9-16H2,1-3H3. The number of hydrogen-bond donors (Lipinski definition) is 2. The lowest BCUT2D eigenvalue weighted by atomic mass is 9.70. The number of hydrogen-bond acceptors (Lipinski definition) is 4. The smallest absolute Gasteiger partial charge is 0.0900 e. The summed E-state index contributed by atoms with van der Waals surface area (Å²) in [6, 6.07) is 10.2. The van der Waals surface area contributed by atoms with E-state index in [0.717, 1.165) is 18.9 Å². The summed E-state index contributed by atoms with van der Waals surface area (Å²) in [4.78, 5) is 2.09. The molecule has 4 heteroatoms. The van der Waals surface area contributed by atoms with Gasteiger partial charge >= 0.3 is 0 Å². The Labute approximate surface area is 158 Å². The van der Waals surface area contributed by atoms with Gasteiger partial charge in [-0.15, -0.1) is 0 Å². The van der Waals surface area contributed by atoms with Crippen LogP contribution in [0.3, 0.4) is 0 Å². The van der Waals surface area contributed by atoms with Crippen LogP contribution in [0.4, 0.5) is 0 Å². The van der Waals surface area contributed by atoms with E-state index in [1.54, 1.807) is 0 Å². The predicted molar refractivity (Wildman–Crippen MR) is 104 cm³/mol. The number of benzene rings is 1. The molecule has 3 rings (SSSR count). The lowest BCUT2D eigenvalue weighted by molar-refractivity contribution is -0.0800. The van der Waals surface area contributed by atoms with Crippen LogP contribution in [0, 0.1) is 16.7 Å². The molecule has 2 aliphatic rings. The summed E-state index contributed by atoms with van der Waals surface area (Å²) in [5.41, 5.74) is 1.75. The summed E-state index contributed by atoms with van der Waals surface area (Å²) in [5.74, 6) is 0.749. The summed E-state index contributed by atoms with van der Waals surface area (Å²) < 4.78 is 6.23. The number of aliphatic hydroxyl groups excluding tert-OH is 2. The lowest BCUT2D eigenvalue weighted by Gasteiger charge is -2.39. The number of aliphatic hydroxyl groups is 2. The van der Waals surface area contributed by atoms with Crippen LogP contribution in [-0.2, 0) is 11.3 Å². The highest BCUT2D eigenvalue weighted by Gasteiger charge is 2.61. The average Bonchev–Trinajstić information content (AvgIpc) is 2.94. The zero-order valence-electron chi connectivity index (χ0n) is 16.5. The molecule has 0 aromatic heterocycles. The SMILES string of the molecule is CC1(C)C2CCC1(C)C(OCC(O)CN(CCO)Cc1ccccc1)C2. The first-order chi connectivity index (χ1) is 12.4. The van der Waals surface area contributed by atoms with Crippen molar-refractivity contribution in [3.63, 3.8) is 0 Å². The van der Waals surface area contributed by atoms with Crippen LogP contribution in [0.1, 0.15) is 45.6 Å². The van der Waals surface area contributed by atoms with Crippen molar-refractivity contribution in [3.05, 3.63) is 35.9 Å². The highest BCUT2D eigenvalue weighted by molar-refractivity contribution is 5.14. The fraction of sp³-hybridized carbons (Fsp3) is 0.727. The molecule has 0 spiro atoms. The molecule has 146 valence electrons. The molecule has 2 saturated carbocycles. The first kappa shape index (κ1) is 19.8. The van der Waals surface area contributed by atoms with E-state index < -0.39 is 6.10 Å². The van der Waals surface area contributed by atoms with Crippen LogP contribution >= 0.6 is 0 Å². The first-order valence-electron chi connectivity index (χ1n) is 10.0. The minimum absolute atomic E-state index is 0.0942.